The molecule has 2 aromatic rings. The van der Waals surface area contributed by atoms with Crippen molar-refractivity contribution in [2.75, 3.05) is 25.6 Å². The van der Waals surface area contributed by atoms with Gasteiger partial charge in [-0.3, -0.25) is 0 Å². The van der Waals surface area contributed by atoms with E-state index < -0.39 is 0 Å². The lowest BCUT2D eigenvalue weighted by Crippen LogP contribution is -2.11. The number of para-hydroxylation sites is 1. The van der Waals surface area contributed by atoms with E-state index in [1.165, 1.54) is 18.2 Å². The quantitative estimate of drug-likeness (QED) is 0.560. The summed E-state index contributed by atoms with van der Waals surface area (Å²) >= 11 is 0. The van der Waals surface area contributed by atoms with Crippen LogP contribution in [0.2, 0.25) is 0 Å². The van der Waals surface area contributed by atoms with Crippen molar-refractivity contribution in [3.05, 3.63) is 58.7 Å². The monoisotopic (exact) mass is 341 g/mol. The first-order valence-corrected chi connectivity index (χ1v) is 8.64. The fraction of sp³-hybridized carbons (Fsp3) is 0.381. The first-order valence-electron chi connectivity index (χ1n) is 8.64. The summed E-state index contributed by atoms with van der Waals surface area (Å²) < 4.78 is 10.6. The Morgan fingerprint density at radius 2 is 1.80 bits per heavy atom. The van der Waals surface area contributed by atoms with Crippen molar-refractivity contribution in [2.45, 2.75) is 33.6 Å². The minimum atomic E-state index is -0.315. The van der Waals surface area contributed by atoms with Crippen LogP contribution in [0, 0.1) is 20.8 Å². The number of unbranched alkanes of at least 4 members (excludes halogenated alkanes) is 1. The van der Waals surface area contributed by atoms with E-state index in [1.807, 2.05) is 25.1 Å². The van der Waals surface area contributed by atoms with E-state index in [0.717, 1.165) is 36.4 Å². The largest absolute Gasteiger partial charge is 0.494 e. The molecule has 0 amide bonds. The second kappa shape index (κ2) is 9.11. The third-order valence-electron chi connectivity index (χ3n) is 4.30. The van der Waals surface area contributed by atoms with E-state index in [-0.39, 0.29) is 5.97 Å². The topological polar surface area (TPSA) is 47.6 Å². The molecule has 0 saturated heterocycles. The molecule has 0 radical (unpaired) electrons. The van der Waals surface area contributed by atoms with E-state index in [0.29, 0.717) is 12.2 Å². The highest BCUT2D eigenvalue weighted by molar-refractivity contribution is 5.96. The van der Waals surface area contributed by atoms with Crippen LogP contribution in [0.4, 0.5) is 5.69 Å². The summed E-state index contributed by atoms with van der Waals surface area (Å²) in [6.07, 6.45) is 1.90. The lowest BCUT2D eigenvalue weighted by molar-refractivity contribution is 0.0601. The summed E-state index contributed by atoms with van der Waals surface area (Å²) in [6, 6.07) is 11.8. The third kappa shape index (κ3) is 5.24. The van der Waals surface area contributed by atoms with Crippen molar-refractivity contribution >= 4 is 11.7 Å². The number of hydrogen-bond acceptors (Lipinski definition) is 4. The van der Waals surface area contributed by atoms with Crippen molar-refractivity contribution < 1.29 is 14.3 Å². The summed E-state index contributed by atoms with van der Waals surface area (Å²) in [5.74, 6) is 0.604. The third-order valence-corrected chi connectivity index (χ3v) is 4.30. The van der Waals surface area contributed by atoms with E-state index in [9.17, 15) is 4.79 Å². The molecule has 0 aliphatic rings. The normalized spacial score (nSPS) is 10.4. The summed E-state index contributed by atoms with van der Waals surface area (Å²) in [7, 11) is 1.40. The Bertz CT molecular complexity index is 725. The molecule has 0 atom stereocenters. The molecule has 134 valence electrons. The Kier molecular flexibility index (Phi) is 6.87. The number of rotatable bonds is 8. The predicted molar refractivity (Wildman–Crippen MR) is 102 cm³/mol. The minimum absolute atomic E-state index is 0.315. The van der Waals surface area contributed by atoms with Crippen LogP contribution in [0.3, 0.4) is 0 Å². The number of carbonyl (C=O) groups is 1. The van der Waals surface area contributed by atoms with Gasteiger partial charge in [0.25, 0.3) is 0 Å². The molecule has 0 unspecified atom stereocenters. The van der Waals surface area contributed by atoms with Crippen LogP contribution < -0.4 is 10.1 Å². The predicted octanol–water partition coefficient (Wildman–Crippen LogP) is 4.67. The molecule has 2 aromatic carbocycles. The van der Waals surface area contributed by atoms with Crippen LogP contribution in [0.15, 0.2) is 36.4 Å². The number of aryl methyl sites for hydroxylation is 3. The number of anilines is 1. The maximum Gasteiger partial charge on any atom is 0.339 e. The van der Waals surface area contributed by atoms with Gasteiger partial charge in [-0.05, 0) is 68.5 Å². The van der Waals surface area contributed by atoms with Gasteiger partial charge >= 0.3 is 5.97 Å². The molecular weight excluding hydrogens is 314 g/mol. The average molecular weight is 341 g/mol. The van der Waals surface area contributed by atoms with Gasteiger partial charge in [-0.25, -0.2) is 4.79 Å². The van der Waals surface area contributed by atoms with Gasteiger partial charge in [0.1, 0.15) is 5.75 Å². The van der Waals surface area contributed by atoms with Crippen LogP contribution in [-0.2, 0) is 4.74 Å². The summed E-state index contributed by atoms with van der Waals surface area (Å²) in [6.45, 7) is 7.64. The molecule has 0 fully saturated rings. The molecule has 0 spiro atoms. The standard InChI is InChI=1S/C21H27NO3/c1-15-10-11-18(14-17(15)3)25-13-6-5-12-22-20-16(2)8-7-9-19(20)21(23)24-4/h7-11,14,22H,5-6,12-13H2,1-4H3. The highest BCUT2D eigenvalue weighted by Crippen LogP contribution is 2.21. The van der Waals surface area contributed by atoms with Crippen molar-refractivity contribution in [1.29, 1.82) is 0 Å². The van der Waals surface area contributed by atoms with E-state index in [4.69, 9.17) is 9.47 Å². The molecule has 25 heavy (non-hydrogen) atoms. The molecule has 0 aliphatic heterocycles. The fourth-order valence-corrected chi connectivity index (χ4v) is 2.62. The minimum Gasteiger partial charge on any atom is -0.494 e. The molecule has 4 heteroatoms. The van der Waals surface area contributed by atoms with Crippen LogP contribution in [-0.4, -0.2) is 26.2 Å². The summed E-state index contributed by atoms with van der Waals surface area (Å²) in [5, 5.41) is 3.36. The number of benzene rings is 2. The molecule has 0 aromatic heterocycles. The Morgan fingerprint density at radius 3 is 2.52 bits per heavy atom. The van der Waals surface area contributed by atoms with Gasteiger partial charge in [-0.2, -0.15) is 0 Å². The van der Waals surface area contributed by atoms with Gasteiger partial charge in [0.05, 0.1) is 25.0 Å². The van der Waals surface area contributed by atoms with Gasteiger partial charge < -0.3 is 14.8 Å². The smallest absolute Gasteiger partial charge is 0.339 e. The van der Waals surface area contributed by atoms with Gasteiger partial charge in [0, 0.05) is 6.54 Å². The van der Waals surface area contributed by atoms with Crippen molar-refractivity contribution in [2.24, 2.45) is 0 Å². The zero-order valence-electron chi connectivity index (χ0n) is 15.5. The second-order valence-corrected chi connectivity index (χ2v) is 6.22. The second-order valence-electron chi connectivity index (χ2n) is 6.22. The molecule has 0 saturated carbocycles. The molecule has 4 nitrogen and oxygen atoms in total. The van der Waals surface area contributed by atoms with E-state index in [1.54, 1.807) is 6.07 Å². The molecule has 0 aliphatic carbocycles. The number of hydrogen-bond donors (Lipinski definition) is 1. The van der Waals surface area contributed by atoms with Crippen molar-refractivity contribution in [1.82, 2.24) is 0 Å². The fourth-order valence-electron chi connectivity index (χ4n) is 2.62. The first kappa shape index (κ1) is 18.8. The Morgan fingerprint density at radius 1 is 1.00 bits per heavy atom. The maximum atomic E-state index is 11.8. The van der Waals surface area contributed by atoms with Crippen LogP contribution in [0.1, 0.15) is 39.9 Å². The molecular formula is C21H27NO3. The SMILES string of the molecule is COC(=O)c1cccc(C)c1NCCCCOc1ccc(C)c(C)c1. The summed E-state index contributed by atoms with van der Waals surface area (Å²) in [5.41, 5.74) is 4.98. The van der Waals surface area contributed by atoms with Crippen LogP contribution in [0.25, 0.3) is 0 Å². The number of carbonyl (C=O) groups excluding carboxylic acids is 1. The van der Waals surface area contributed by atoms with Crippen molar-refractivity contribution in [3.63, 3.8) is 0 Å². The molecule has 2 rings (SSSR count). The lowest BCUT2D eigenvalue weighted by atomic mass is 10.1. The van der Waals surface area contributed by atoms with Crippen LogP contribution in [0.5, 0.6) is 5.75 Å². The number of esters is 1. The highest BCUT2D eigenvalue weighted by Gasteiger charge is 2.12. The summed E-state index contributed by atoms with van der Waals surface area (Å²) in [4.78, 5) is 11.8. The zero-order valence-corrected chi connectivity index (χ0v) is 15.5. The molecule has 1 N–H and O–H groups in total. The Hall–Kier alpha value is -2.49. The van der Waals surface area contributed by atoms with Crippen molar-refractivity contribution in [3.8, 4) is 5.75 Å². The van der Waals surface area contributed by atoms with E-state index >= 15 is 0 Å². The Balaban J connectivity index is 1.78. The first-order chi connectivity index (χ1) is 12.0. The van der Waals surface area contributed by atoms with Gasteiger partial charge in [-0.1, -0.05) is 18.2 Å². The average Bonchev–Trinajstić information content (AvgIpc) is 2.61. The van der Waals surface area contributed by atoms with Crippen LogP contribution >= 0.6 is 0 Å². The van der Waals surface area contributed by atoms with Gasteiger partial charge in [-0.15, -0.1) is 0 Å². The number of nitrogens with one attached hydrogen (secondary N) is 1. The molecule has 0 heterocycles. The number of methoxy groups -OCH3 is 1. The highest BCUT2D eigenvalue weighted by atomic mass is 16.5. The lowest BCUT2D eigenvalue weighted by Gasteiger charge is -2.14. The number of ether oxygens (including phenoxy) is 2. The van der Waals surface area contributed by atoms with Gasteiger partial charge in [0.15, 0.2) is 0 Å². The molecule has 0 bridgehead atoms. The Labute approximate surface area is 150 Å². The zero-order chi connectivity index (χ0) is 18.2. The maximum absolute atomic E-state index is 11.8. The van der Waals surface area contributed by atoms with Gasteiger partial charge in [0.2, 0.25) is 0 Å². The van der Waals surface area contributed by atoms with E-state index in [2.05, 4.69) is 31.3 Å².